The second-order valence-electron chi connectivity index (χ2n) is 4.89. The van der Waals surface area contributed by atoms with Crippen LogP contribution in [0.5, 0.6) is 0 Å². The lowest BCUT2D eigenvalue weighted by atomic mass is 9.99. The van der Waals surface area contributed by atoms with Crippen molar-refractivity contribution in [1.82, 2.24) is 5.32 Å². The fourth-order valence-electron chi connectivity index (χ4n) is 2.07. The first-order valence-corrected chi connectivity index (χ1v) is 7.06. The largest absolute Gasteiger partial charge is 0.313 e. The van der Waals surface area contributed by atoms with Crippen LogP contribution in [0, 0.1) is 13.8 Å². The molecule has 100 valence electrons. The molecule has 0 atom stereocenters. The van der Waals surface area contributed by atoms with E-state index in [9.17, 15) is 0 Å². The van der Waals surface area contributed by atoms with Gasteiger partial charge in [0, 0.05) is 17.1 Å². The summed E-state index contributed by atoms with van der Waals surface area (Å²) in [5.41, 5.74) is 6.09. The highest BCUT2D eigenvalue weighted by Crippen LogP contribution is 2.30. The summed E-state index contributed by atoms with van der Waals surface area (Å²) in [4.78, 5) is 0. The highest BCUT2D eigenvalue weighted by Gasteiger charge is 2.06. The second-order valence-corrected chi connectivity index (χ2v) is 5.30. The Kier molecular flexibility index (Phi) is 4.62. The van der Waals surface area contributed by atoms with E-state index in [1.807, 2.05) is 6.07 Å². The minimum Gasteiger partial charge on any atom is -0.313 e. The van der Waals surface area contributed by atoms with Crippen molar-refractivity contribution in [3.63, 3.8) is 0 Å². The maximum atomic E-state index is 6.35. The number of aryl methyl sites for hydroxylation is 2. The van der Waals surface area contributed by atoms with Gasteiger partial charge in [0.05, 0.1) is 0 Å². The number of halogens is 1. The van der Waals surface area contributed by atoms with E-state index in [0.717, 1.165) is 23.7 Å². The number of rotatable bonds is 4. The zero-order chi connectivity index (χ0) is 13.8. The smallest absolute Gasteiger partial charge is 0.0487 e. The lowest BCUT2D eigenvalue weighted by Crippen LogP contribution is -2.11. The summed E-state index contributed by atoms with van der Waals surface area (Å²) in [6, 6.07) is 12.8. The van der Waals surface area contributed by atoms with E-state index in [2.05, 4.69) is 56.4 Å². The fraction of sp³-hybridized carbons (Fsp3) is 0.294. The Balaban J connectivity index is 2.29. The predicted octanol–water partition coefficient (Wildman–Crippen LogP) is 4.73. The average Bonchev–Trinajstić information content (AvgIpc) is 2.41. The molecule has 0 bridgehead atoms. The van der Waals surface area contributed by atoms with Crippen molar-refractivity contribution in [2.45, 2.75) is 27.3 Å². The second kappa shape index (κ2) is 6.23. The lowest BCUT2D eigenvalue weighted by molar-refractivity contribution is 0.727. The van der Waals surface area contributed by atoms with Gasteiger partial charge >= 0.3 is 0 Å². The summed E-state index contributed by atoms with van der Waals surface area (Å²) >= 11 is 6.35. The molecule has 0 aliphatic carbocycles. The highest BCUT2D eigenvalue weighted by molar-refractivity contribution is 6.33. The zero-order valence-corrected chi connectivity index (χ0v) is 12.5. The maximum absolute atomic E-state index is 6.35. The molecule has 0 spiro atoms. The summed E-state index contributed by atoms with van der Waals surface area (Å²) < 4.78 is 0. The van der Waals surface area contributed by atoms with Crippen LogP contribution in [0.3, 0.4) is 0 Å². The monoisotopic (exact) mass is 273 g/mol. The van der Waals surface area contributed by atoms with Gasteiger partial charge in [0.2, 0.25) is 0 Å². The van der Waals surface area contributed by atoms with Gasteiger partial charge in [-0.15, -0.1) is 0 Å². The zero-order valence-electron chi connectivity index (χ0n) is 11.8. The lowest BCUT2D eigenvalue weighted by Gasteiger charge is -2.10. The Hall–Kier alpha value is -1.31. The highest BCUT2D eigenvalue weighted by atomic mass is 35.5. The molecule has 2 aromatic rings. The molecule has 0 saturated heterocycles. The van der Waals surface area contributed by atoms with E-state index < -0.39 is 0 Å². The van der Waals surface area contributed by atoms with Crippen LogP contribution in [0.4, 0.5) is 0 Å². The van der Waals surface area contributed by atoms with Gasteiger partial charge in [0.1, 0.15) is 0 Å². The van der Waals surface area contributed by atoms with Gasteiger partial charge < -0.3 is 5.32 Å². The summed E-state index contributed by atoms with van der Waals surface area (Å²) in [5, 5.41) is 4.15. The third kappa shape index (κ3) is 3.37. The Bertz CT molecular complexity index is 558. The fourth-order valence-corrected chi connectivity index (χ4v) is 2.40. The van der Waals surface area contributed by atoms with E-state index in [4.69, 9.17) is 11.6 Å². The number of nitrogens with one attached hydrogen (secondary N) is 1. The summed E-state index contributed by atoms with van der Waals surface area (Å²) in [6.07, 6.45) is 0. The van der Waals surface area contributed by atoms with Crippen molar-refractivity contribution in [3.05, 3.63) is 58.1 Å². The molecule has 2 heteroatoms. The van der Waals surface area contributed by atoms with E-state index in [-0.39, 0.29) is 0 Å². The van der Waals surface area contributed by atoms with E-state index in [1.165, 1.54) is 22.3 Å². The normalized spacial score (nSPS) is 10.7. The molecule has 19 heavy (non-hydrogen) atoms. The molecule has 0 heterocycles. The van der Waals surface area contributed by atoms with Crippen LogP contribution < -0.4 is 5.32 Å². The molecule has 0 amide bonds. The first-order chi connectivity index (χ1) is 9.11. The van der Waals surface area contributed by atoms with Gasteiger partial charge in [-0.25, -0.2) is 0 Å². The van der Waals surface area contributed by atoms with Gasteiger partial charge in [-0.1, -0.05) is 42.8 Å². The maximum Gasteiger partial charge on any atom is 0.0487 e. The topological polar surface area (TPSA) is 12.0 Å². The quantitative estimate of drug-likeness (QED) is 0.849. The SMILES string of the molecule is CCNCc1ccc(-c2cc(C)c(C)cc2Cl)cc1. The average molecular weight is 274 g/mol. The van der Waals surface area contributed by atoms with Crippen molar-refractivity contribution >= 4 is 11.6 Å². The van der Waals surface area contributed by atoms with Crippen LogP contribution in [0.25, 0.3) is 11.1 Å². The number of hydrogen-bond acceptors (Lipinski definition) is 1. The molecule has 2 rings (SSSR count). The van der Waals surface area contributed by atoms with E-state index in [0.29, 0.717) is 0 Å². The first kappa shape index (κ1) is 14.1. The van der Waals surface area contributed by atoms with Crippen LogP contribution in [-0.4, -0.2) is 6.54 Å². The Morgan fingerprint density at radius 2 is 1.63 bits per heavy atom. The third-order valence-corrected chi connectivity index (χ3v) is 3.74. The molecule has 2 aromatic carbocycles. The van der Waals surface area contributed by atoms with Crippen molar-refractivity contribution < 1.29 is 0 Å². The summed E-state index contributed by atoms with van der Waals surface area (Å²) in [6.45, 7) is 8.23. The first-order valence-electron chi connectivity index (χ1n) is 6.68. The molecule has 1 N–H and O–H groups in total. The van der Waals surface area contributed by atoms with E-state index in [1.54, 1.807) is 0 Å². The number of hydrogen-bond donors (Lipinski definition) is 1. The Morgan fingerprint density at radius 1 is 1.00 bits per heavy atom. The third-order valence-electron chi connectivity index (χ3n) is 3.43. The van der Waals surface area contributed by atoms with Crippen molar-refractivity contribution in [2.75, 3.05) is 6.54 Å². The van der Waals surface area contributed by atoms with Gasteiger partial charge in [0.15, 0.2) is 0 Å². The van der Waals surface area contributed by atoms with Crippen molar-refractivity contribution in [1.29, 1.82) is 0 Å². The van der Waals surface area contributed by atoms with Crippen LogP contribution in [0.2, 0.25) is 5.02 Å². The van der Waals surface area contributed by atoms with E-state index >= 15 is 0 Å². The molecule has 0 fully saturated rings. The van der Waals surface area contributed by atoms with Crippen LogP contribution in [0.1, 0.15) is 23.6 Å². The minimum atomic E-state index is 0.822. The Labute approximate surface area is 120 Å². The van der Waals surface area contributed by atoms with Crippen LogP contribution >= 0.6 is 11.6 Å². The van der Waals surface area contributed by atoms with Gasteiger partial charge in [-0.3, -0.25) is 0 Å². The van der Waals surface area contributed by atoms with Gasteiger partial charge in [0.25, 0.3) is 0 Å². The summed E-state index contributed by atoms with van der Waals surface area (Å²) in [7, 11) is 0. The van der Waals surface area contributed by atoms with Crippen LogP contribution in [0.15, 0.2) is 36.4 Å². The molecular formula is C17H20ClN. The minimum absolute atomic E-state index is 0.822. The molecule has 0 aliphatic rings. The molecule has 0 radical (unpaired) electrons. The predicted molar refractivity (Wildman–Crippen MR) is 83.7 cm³/mol. The standard InChI is InChI=1S/C17H20ClN/c1-4-19-11-14-5-7-15(8-6-14)16-9-12(2)13(3)10-17(16)18/h5-10,19H,4,11H2,1-3H3. The Morgan fingerprint density at radius 3 is 2.26 bits per heavy atom. The summed E-state index contributed by atoms with van der Waals surface area (Å²) in [5.74, 6) is 0. The van der Waals surface area contributed by atoms with Crippen molar-refractivity contribution in [2.24, 2.45) is 0 Å². The van der Waals surface area contributed by atoms with Crippen molar-refractivity contribution in [3.8, 4) is 11.1 Å². The van der Waals surface area contributed by atoms with Gasteiger partial charge in [-0.2, -0.15) is 0 Å². The molecule has 0 unspecified atom stereocenters. The van der Waals surface area contributed by atoms with Crippen LogP contribution in [-0.2, 0) is 6.54 Å². The van der Waals surface area contributed by atoms with Gasteiger partial charge in [-0.05, 0) is 54.8 Å². The molecular weight excluding hydrogens is 254 g/mol. The molecule has 1 nitrogen and oxygen atoms in total. The molecule has 0 saturated carbocycles. The molecule has 0 aromatic heterocycles. The number of benzene rings is 2. The molecule has 0 aliphatic heterocycles.